The van der Waals surface area contributed by atoms with Crippen molar-refractivity contribution in [3.8, 4) is 0 Å². The summed E-state index contributed by atoms with van der Waals surface area (Å²) in [6.45, 7) is 0. The number of aromatic amines is 1. The maximum Gasteiger partial charge on any atom is 0.303 e. The molecule has 1 atom stereocenters. The Morgan fingerprint density at radius 2 is 2.10 bits per heavy atom. The van der Waals surface area contributed by atoms with E-state index in [2.05, 4.69) is 29.2 Å². The van der Waals surface area contributed by atoms with Crippen molar-refractivity contribution in [2.24, 2.45) is 5.92 Å². The Labute approximate surface area is 131 Å². The molecule has 0 saturated carbocycles. The first-order chi connectivity index (χ1) is 10.2. The van der Waals surface area contributed by atoms with Crippen molar-refractivity contribution < 1.29 is 9.90 Å². The summed E-state index contributed by atoms with van der Waals surface area (Å²) in [6, 6.07) is 8.44. The number of H-pyrrole nitrogens is 1. The molecule has 0 bridgehead atoms. The van der Waals surface area contributed by atoms with E-state index in [0.29, 0.717) is 0 Å². The van der Waals surface area contributed by atoms with Crippen LogP contribution in [0.15, 0.2) is 24.3 Å². The maximum absolute atomic E-state index is 11.3. The number of aliphatic carboxylic acids is 1. The summed E-state index contributed by atoms with van der Waals surface area (Å²) in [6.07, 6.45) is 2.23. The lowest BCUT2D eigenvalue weighted by atomic mass is 9.84. The number of benzene rings is 1. The molecule has 2 aromatic rings. The van der Waals surface area contributed by atoms with Crippen molar-refractivity contribution in [1.29, 1.82) is 0 Å². The van der Waals surface area contributed by atoms with Crippen molar-refractivity contribution in [3.05, 3.63) is 35.5 Å². The first-order valence-corrected chi connectivity index (χ1v) is 9.27. The Morgan fingerprint density at radius 1 is 1.33 bits per heavy atom. The van der Waals surface area contributed by atoms with Crippen LogP contribution in [-0.4, -0.2) is 27.6 Å². The van der Waals surface area contributed by atoms with Gasteiger partial charge in [-0.15, -0.1) is 23.5 Å². The summed E-state index contributed by atoms with van der Waals surface area (Å²) in [4.78, 5) is 14.9. The molecule has 0 radical (unpaired) electrons. The van der Waals surface area contributed by atoms with Gasteiger partial charge >= 0.3 is 5.97 Å². The third-order valence-electron chi connectivity index (χ3n) is 4.58. The van der Waals surface area contributed by atoms with Gasteiger partial charge in [-0.2, -0.15) is 0 Å². The van der Waals surface area contributed by atoms with E-state index in [9.17, 15) is 9.90 Å². The van der Waals surface area contributed by atoms with Crippen LogP contribution in [0.3, 0.4) is 0 Å². The molecule has 1 unspecified atom stereocenters. The molecule has 2 aliphatic rings. The number of hydrogen-bond acceptors (Lipinski definition) is 3. The SMILES string of the molecule is O=C(O)CC1CCc2c([nH]c3ccccc23)C12SCCS2. The van der Waals surface area contributed by atoms with E-state index in [-0.39, 0.29) is 16.4 Å². The second kappa shape index (κ2) is 4.99. The largest absolute Gasteiger partial charge is 0.481 e. The normalized spacial score (nSPS) is 23.5. The molecule has 1 aromatic heterocycles. The zero-order chi connectivity index (χ0) is 14.4. The lowest BCUT2D eigenvalue weighted by molar-refractivity contribution is -0.138. The highest BCUT2D eigenvalue weighted by Gasteiger charge is 2.49. The van der Waals surface area contributed by atoms with E-state index in [1.54, 1.807) is 0 Å². The van der Waals surface area contributed by atoms with Crippen LogP contribution in [0.25, 0.3) is 10.9 Å². The highest BCUT2D eigenvalue weighted by Crippen LogP contribution is 2.61. The van der Waals surface area contributed by atoms with E-state index in [4.69, 9.17) is 0 Å². The van der Waals surface area contributed by atoms with Crippen molar-refractivity contribution in [2.75, 3.05) is 11.5 Å². The van der Waals surface area contributed by atoms with Gasteiger partial charge in [0.15, 0.2) is 0 Å². The Morgan fingerprint density at radius 3 is 2.86 bits per heavy atom. The topological polar surface area (TPSA) is 53.1 Å². The molecule has 21 heavy (non-hydrogen) atoms. The number of carboxylic acids is 1. The van der Waals surface area contributed by atoms with Crippen LogP contribution >= 0.6 is 23.5 Å². The molecule has 0 amide bonds. The molecule has 5 heteroatoms. The van der Waals surface area contributed by atoms with E-state index < -0.39 is 5.97 Å². The molecule has 1 aliphatic carbocycles. The predicted octanol–water partition coefficient (Wildman–Crippen LogP) is 3.84. The summed E-state index contributed by atoms with van der Waals surface area (Å²) in [7, 11) is 0. The summed E-state index contributed by atoms with van der Waals surface area (Å²) < 4.78 is -0.0784. The fourth-order valence-corrected chi connectivity index (χ4v) is 7.34. The van der Waals surface area contributed by atoms with Crippen LogP contribution in [0.1, 0.15) is 24.1 Å². The molecule has 1 aromatic carbocycles. The third-order valence-corrected chi connectivity index (χ3v) is 8.29. The Balaban J connectivity index is 1.88. The van der Waals surface area contributed by atoms with Gasteiger partial charge < -0.3 is 10.1 Å². The first kappa shape index (κ1) is 13.6. The first-order valence-electron chi connectivity index (χ1n) is 7.30. The molecule has 110 valence electrons. The van der Waals surface area contributed by atoms with Gasteiger partial charge in [0.05, 0.1) is 6.42 Å². The summed E-state index contributed by atoms with van der Waals surface area (Å²) in [5, 5.41) is 10.6. The third kappa shape index (κ3) is 2.01. The fraction of sp³-hybridized carbons (Fsp3) is 0.438. The number of fused-ring (bicyclic) bond motifs is 4. The lowest BCUT2D eigenvalue weighted by Crippen LogP contribution is -2.34. The highest BCUT2D eigenvalue weighted by atomic mass is 32.2. The molecular weight excluding hydrogens is 302 g/mol. The second-order valence-electron chi connectivity index (χ2n) is 5.72. The van der Waals surface area contributed by atoms with Gasteiger partial charge in [0.2, 0.25) is 0 Å². The van der Waals surface area contributed by atoms with Gasteiger partial charge in [0, 0.05) is 28.1 Å². The minimum atomic E-state index is -0.674. The van der Waals surface area contributed by atoms with Gasteiger partial charge in [-0.3, -0.25) is 4.79 Å². The monoisotopic (exact) mass is 319 g/mol. The van der Waals surface area contributed by atoms with Crippen LogP contribution in [0.2, 0.25) is 0 Å². The second-order valence-corrected chi connectivity index (χ2v) is 8.66. The molecule has 2 N–H and O–H groups in total. The molecular formula is C16H17NO2S2. The van der Waals surface area contributed by atoms with Gasteiger partial charge in [0.1, 0.15) is 4.08 Å². The van der Waals surface area contributed by atoms with Crippen LogP contribution in [0.5, 0.6) is 0 Å². The summed E-state index contributed by atoms with van der Waals surface area (Å²) in [5.41, 5.74) is 3.88. The van der Waals surface area contributed by atoms with Crippen molar-refractivity contribution in [3.63, 3.8) is 0 Å². The van der Waals surface area contributed by atoms with E-state index in [1.165, 1.54) is 22.2 Å². The van der Waals surface area contributed by atoms with Gasteiger partial charge in [0.25, 0.3) is 0 Å². The van der Waals surface area contributed by atoms with Gasteiger partial charge in [-0.1, -0.05) is 18.2 Å². The number of aromatic nitrogens is 1. The highest BCUT2D eigenvalue weighted by molar-refractivity contribution is 8.20. The Bertz CT molecular complexity index is 703. The average Bonchev–Trinajstić information content (AvgIpc) is 3.08. The number of nitrogens with one attached hydrogen (secondary N) is 1. The Hall–Kier alpha value is -1.07. The molecule has 1 saturated heterocycles. The van der Waals surface area contributed by atoms with E-state index >= 15 is 0 Å². The van der Waals surface area contributed by atoms with Crippen LogP contribution in [0, 0.1) is 5.92 Å². The quantitative estimate of drug-likeness (QED) is 0.883. The predicted molar refractivity (Wildman–Crippen MR) is 89.0 cm³/mol. The zero-order valence-corrected chi connectivity index (χ0v) is 13.2. The smallest absolute Gasteiger partial charge is 0.303 e. The maximum atomic E-state index is 11.3. The molecule has 3 nitrogen and oxygen atoms in total. The summed E-state index contributed by atoms with van der Waals surface area (Å²) in [5.74, 6) is 1.76. The van der Waals surface area contributed by atoms with Crippen molar-refractivity contribution in [2.45, 2.75) is 23.3 Å². The number of hydrogen-bond donors (Lipinski definition) is 2. The van der Waals surface area contributed by atoms with Crippen molar-refractivity contribution >= 4 is 40.4 Å². The fourth-order valence-electron chi connectivity index (χ4n) is 3.73. The minimum Gasteiger partial charge on any atom is -0.481 e. The molecule has 1 fully saturated rings. The average molecular weight is 319 g/mol. The standard InChI is InChI=1S/C16H17NO2S2/c18-14(19)9-10-5-6-12-11-3-1-2-4-13(11)17-15(12)16(10)20-7-8-21-16/h1-4,10,17H,5-9H2,(H,18,19). The molecule has 1 spiro atoms. The van der Waals surface area contributed by atoms with Crippen LogP contribution < -0.4 is 0 Å². The van der Waals surface area contributed by atoms with E-state index in [0.717, 1.165) is 24.3 Å². The lowest BCUT2D eigenvalue weighted by Gasteiger charge is -2.39. The minimum absolute atomic E-state index is 0.0784. The molecule has 4 rings (SSSR count). The number of carbonyl (C=O) groups is 1. The van der Waals surface area contributed by atoms with Crippen LogP contribution in [0.4, 0.5) is 0 Å². The van der Waals surface area contributed by atoms with E-state index in [1.807, 2.05) is 23.5 Å². The number of rotatable bonds is 2. The molecule has 2 heterocycles. The van der Waals surface area contributed by atoms with Gasteiger partial charge in [-0.25, -0.2) is 0 Å². The van der Waals surface area contributed by atoms with Gasteiger partial charge in [-0.05, 0) is 30.4 Å². The number of para-hydroxylation sites is 1. The number of thioether (sulfide) groups is 2. The number of carboxylic acid groups (broad SMARTS) is 1. The Kier molecular flexibility index (Phi) is 3.23. The number of aryl methyl sites for hydroxylation is 1. The molecule has 1 aliphatic heterocycles. The van der Waals surface area contributed by atoms with Crippen LogP contribution in [-0.2, 0) is 15.3 Å². The zero-order valence-electron chi connectivity index (χ0n) is 11.6. The summed E-state index contributed by atoms with van der Waals surface area (Å²) >= 11 is 3.88. The van der Waals surface area contributed by atoms with Crippen molar-refractivity contribution in [1.82, 2.24) is 4.98 Å².